The van der Waals surface area contributed by atoms with Crippen molar-refractivity contribution in [3.8, 4) is 5.75 Å². The molecule has 1 aromatic heterocycles. The molecule has 0 radical (unpaired) electrons. The van der Waals surface area contributed by atoms with Crippen molar-refractivity contribution in [3.63, 3.8) is 0 Å². The van der Waals surface area contributed by atoms with E-state index in [1.165, 1.54) is 6.07 Å². The summed E-state index contributed by atoms with van der Waals surface area (Å²) in [6.45, 7) is 2.13. The molecule has 94 valence electrons. The third-order valence-electron chi connectivity index (χ3n) is 2.63. The van der Waals surface area contributed by atoms with Crippen LogP contribution in [0.25, 0.3) is 0 Å². The highest BCUT2D eigenvalue weighted by Gasteiger charge is 2.07. The molecule has 1 unspecified atom stereocenters. The standard InChI is InChI=1S/C14H15FN2O/c1-10(16)12-2-3-14(13(15)8-12)18-9-11-4-6-17-7-5-11/h2-8,10H,9,16H2,1H3. The number of benzene rings is 1. The van der Waals surface area contributed by atoms with Crippen LogP contribution in [-0.2, 0) is 6.61 Å². The zero-order valence-electron chi connectivity index (χ0n) is 10.1. The number of ether oxygens (including phenoxy) is 1. The Morgan fingerprint density at radius 3 is 2.61 bits per heavy atom. The lowest BCUT2D eigenvalue weighted by molar-refractivity contribution is 0.290. The average Bonchev–Trinajstić information content (AvgIpc) is 2.38. The molecule has 18 heavy (non-hydrogen) atoms. The predicted molar refractivity (Wildman–Crippen MR) is 67.6 cm³/mol. The van der Waals surface area contributed by atoms with Gasteiger partial charge in [0.15, 0.2) is 11.6 Å². The average molecular weight is 246 g/mol. The van der Waals surface area contributed by atoms with Crippen LogP contribution in [0, 0.1) is 5.82 Å². The molecule has 4 heteroatoms. The largest absolute Gasteiger partial charge is 0.486 e. The first-order chi connectivity index (χ1) is 8.66. The Morgan fingerprint density at radius 1 is 1.28 bits per heavy atom. The van der Waals surface area contributed by atoms with E-state index >= 15 is 0 Å². The van der Waals surface area contributed by atoms with E-state index in [-0.39, 0.29) is 17.6 Å². The van der Waals surface area contributed by atoms with Gasteiger partial charge in [-0.15, -0.1) is 0 Å². The smallest absolute Gasteiger partial charge is 0.165 e. The maximum Gasteiger partial charge on any atom is 0.165 e. The normalized spacial score (nSPS) is 12.2. The molecular formula is C14H15FN2O. The van der Waals surface area contributed by atoms with Crippen LogP contribution in [0.15, 0.2) is 42.7 Å². The minimum absolute atomic E-state index is 0.186. The molecule has 1 atom stereocenters. The zero-order valence-corrected chi connectivity index (χ0v) is 10.1. The number of hydrogen-bond acceptors (Lipinski definition) is 3. The van der Waals surface area contributed by atoms with E-state index in [4.69, 9.17) is 10.5 Å². The molecule has 1 aromatic carbocycles. The van der Waals surface area contributed by atoms with E-state index in [9.17, 15) is 4.39 Å². The van der Waals surface area contributed by atoms with Crippen LogP contribution >= 0.6 is 0 Å². The molecule has 0 amide bonds. The highest BCUT2D eigenvalue weighted by molar-refractivity contribution is 5.31. The van der Waals surface area contributed by atoms with Crippen molar-refractivity contribution in [2.24, 2.45) is 5.73 Å². The first kappa shape index (κ1) is 12.5. The summed E-state index contributed by atoms with van der Waals surface area (Å²) in [6.07, 6.45) is 3.35. The van der Waals surface area contributed by atoms with Gasteiger partial charge in [-0.3, -0.25) is 4.98 Å². The second-order valence-electron chi connectivity index (χ2n) is 4.12. The van der Waals surface area contributed by atoms with Gasteiger partial charge < -0.3 is 10.5 Å². The van der Waals surface area contributed by atoms with E-state index in [1.807, 2.05) is 19.1 Å². The molecule has 2 rings (SSSR count). The Morgan fingerprint density at radius 2 is 2.00 bits per heavy atom. The van der Waals surface area contributed by atoms with Crippen LogP contribution < -0.4 is 10.5 Å². The SMILES string of the molecule is CC(N)c1ccc(OCc2ccncc2)c(F)c1. The first-order valence-electron chi connectivity index (χ1n) is 5.73. The van der Waals surface area contributed by atoms with Gasteiger partial charge in [-0.2, -0.15) is 0 Å². The van der Waals surface area contributed by atoms with Crippen LogP contribution in [-0.4, -0.2) is 4.98 Å². The van der Waals surface area contributed by atoms with E-state index < -0.39 is 0 Å². The molecular weight excluding hydrogens is 231 g/mol. The Bertz CT molecular complexity index is 514. The highest BCUT2D eigenvalue weighted by atomic mass is 19.1. The van der Waals surface area contributed by atoms with Crippen LogP contribution in [0.4, 0.5) is 4.39 Å². The minimum Gasteiger partial charge on any atom is -0.486 e. The molecule has 0 fully saturated rings. The van der Waals surface area contributed by atoms with Gasteiger partial charge in [0.05, 0.1) is 0 Å². The maximum absolute atomic E-state index is 13.7. The fraction of sp³-hybridized carbons (Fsp3) is 0.214. The monoisotopic (exact) mass is 246 g/mol. The molecule has 0 spiro atoms. The van der Waals surface area contributed by atoms with Gasteiger partial charge in [0.2, 0.25) is 0 Å². The summed E-state index contributed by atoms with van der Waals surface area (Å²) in [4.78, 5) is 3.91. The number of aromatic nitrogens is 1. The quantitative estimate of drug-likeness (QED) is 0.902. The van der Waals surface area contributed by atoms with Gasteiger partial charge in [0.25, 0.3) is 0 Å². The van der Waals surface area contributed by atoms with Crippen LogP contribution in [0.3, 0.4) is 0 Å². The third kappa shape index (κ3) is 3.05. The van der Waals surface area contributed by atoms with Crippen molar-refractivity contribution in [1.82, 2.24) is 4.98 Å². The minimum atomic E-state index is -0.390. The summed E-state index contributed by atoms with van der Waals surface area (Å²) in [7, 11) is 0. The van der Waals surface area contributed by atoms with Crippen LogP contribution in [0.2, 0.25) is 0 Å². The second kappa shape index (κ2) is 5.60. The lowest BCUT2D eigenvalue weighted by Gasteiger charge is -2.10. The summed E-state index contributed by atoms with van der Waals surface area (Å²) in [5.41, 5.74) is 7.38. The van der Waals surface area contributed by atoms with E-state index in [0.29, 0.717) is 6.61 Å². The van der Waals surface area contributed by atoms with Crippen molar-refractivity contribution < 1.29 is 9.13 Å². The molecule has 1 heterocycles. The Hall–Kier alpha value is -1.94. The molecule has 0 aliphatic rings. The van der Waals surface area contributed by atoms with E-state index in [0.717, 1.165) is 11.1 Å². The number of nitrogens with zero attached hydrogens (tertiary/aromatic N) is 1. The van der Waals surface area contributed by atoms with Gasteiger partial charge >= 0.3 is 0 Å². The van der Waals surface area contributed by atoms with Crippen molar-refractivity contribution in [1.29, 1.82) is 0 Å². The molecule has 0 saturated heterocycles. The number of halogens is 1. The van der Waals surface area contributed by atoms with Gasteiger partial charge in [-0.1, -0.05) is 6.07 Å². The van der Waals surface area contributed by atoms with Crippen molar-refractivity contribution in [2.45, 2.75) is 19.6 Å². The number of nitrogens with two attached hydrogens (primary N) is 1. The van der Waals surface area contributed by atoms with E-state index in [1.54, 1.807) is 24.5 Å². The van der Waals surface area contributed by atoms with Crippen LogP contribution in [0.1, 0.15) is 24.1 Å². The summed E-state index contributed by atoms with van der Waals surface area (Å²) in [5, 5.41) is 0. The third-order valence-corrected chi connectivity index (χ3v) is 2.63. The number of rotatable bonds is 4. The van der Waals surface area contributed by atoms with Crippen LogP contribution in [0.5, 0.6) is 5.75 Å². The lowest BCUT2D eigenvalue weighted by Crippen LogP contribution is -2.06. The summed E-state index contributed by atoms with van der Waals surface area (Å²) in [5.74, 6) is -0.157. The number of hydrogen-bond donors (Lipinski definition) is 1. The first-order valence-corrected chi connectivity index (χ1v) is 5.73. The van der Waals surface area contributed by atoms with Crippen molar-refractivity contribution in [2.75, 3.05) is 0 Å². The maximum atomic E-state index is 13.7. The molecule has 2 aromatic rings. The molecule has 0 aliphatic carbocycles. The summed E-state index contributed by atoms with van der Waals surface area (Å²) in [6, 6.07) is 8.26. The van der Waals surface area contributed by atoms with Gasteiger partial charge in [0, 0.05) is 18.4 Å². The molecule has 0 saturated carbocycles. The predicted octanol–water partition coefficient (Wildman–Crippen LogP) is 2.82. The van der Waals surface area contributed by atoms with Gasteiger partial charge in [-0.25, -0.2) is 4.39 Å². The van der Waals surface area contributed by atoms with Gasteiger partial charge in [-0.05, 0) is 42.3 Å². The molecule has 3 nitrogen and oxygen atoms in total. The van der Waals surface area contributed by atoms with E-state index in [2.05, 4.69) is 4.98 Å². The fourth-order valence-electron chi connectivity index (χ4n) is 1.56. The van der Waals surface area contributed by atoms with Crippen molar-refractivity contribution >= 4 is 0 Å². The molecule has 2 N–H and O–H groups in total. The highest BCUT2D eigenvalue weighted by Crippen LogP contribution is 2.21. The Balaban J connectivity index is 2.06. The lowest BCUT2D eigenvalue weighted by atomic mass is 10.1. The van der Waals surface area contributed by atoms with Gasteiger partial charge in [0.1, 0.15) is 6.61 Å². The zero-order chi connectivity index (χ0) is 13.0. The summed E-state index contributed by atoms with van der Waals surface area (Å²) < 4.78 is 19.1. The number of pyridine rings is 1. The second-order valence-corrected chi connectivity index (χ2v) is 4.12. The van der Waals surface area contributed by atoms with Crippen molar-refractivity contribution in [3.05, 3.63) is 59.7 Å². The Labute approximate surface area is 105 Å². The molecule has 0 bridgehead atoms. The molecule has 0 aliphatic heterocycles. The fourth-order valence-corrected chi connectivity index (χ4v) is 1.56. The summed E-state index contributed by atoms with van der Waals surface area (Å²) >= 11 is 0. The topological polar surface area (TPSA) is 48.1 Å². The Kier molecular flexibility index (Phi) is 3.89.